The van der Waals surface area contributed by atoms with Crippen LogP contribution in [0.5, 0.6) is 11.6 Å². The molecular formula is C28H39N3O4. The molecule has 35 heavy (non-hydrogen) atoms. The zero-order chi connectivity index (χ0) is 26.3. The lowest BCUT2D eigenvalue weighted by Crippen LogP contribution is -2.30. The normalized spacial score (nSPS) is 13.9. The largest absolute Gasteiger partial charge is 0.487 e. The van der Waals surface area contributed by atoms with Gasteiger partial charge in [-0.2, -0.15) is 0 Å². The average Bonchev–Trinajstić information content (AvgIpc) is 2.93. The minimum absolute atomic E-state index is 0.168. The van der Waals surface area contributed by atoms with E-state index in [1.807, 2.05) is 62.3 Å². The van der Waals surface area contributed by atoms with E-state index in [9.17, 15) is 4.79 Å². The van der Waals surface area contributed by atoms with Crippen LogP contribution in [0.4, 0.5) is 0 Å². The lowest BCUT2D eigenvalue weighted by atomic mass is 10.0. The van der Waals surface area contributed by atoms with Gasteiger partial charge in [-0.3, -0.25) is 0 Å². The predicted octanol–water partition coefficient (Wildman–Crippen LogP) is 6.49. The van der Waals surface area contributed by atoms with Crippen LogP contribution in [0.15, 0.2) is 13.2 Å². The fourth-order valence-electron chi connectivity index (χ4n) is 3.96. The molecule has 1 aliphatic heterocycles. The second kappa shape index (κ2) is 9.17. The highest BCUT2D eigenvalue weighted by atomic mass is 16.6. The van der Waals surface area contributed by atoms with Crippen LogP contribution in [-0.2, 0) is 17.7 Å². The number of ether oxygens (including phenoxy) is 3. The Morgan fingerprint density at radius 1 is 0.914 bits per heavy atom. The molecule has 2 aromatic heterocycles. The fraction of sp³-hybridized carbons (Fsp3) is 0.536. The van der Waals surface area contributed by atoms with E-state index in [4.69, 9.17) is 24.2 Å². The Balaban J connectivity index is 2.43. The summed E-state index contributed by atoms with van der Waals surface area (Å²) in [5, 5.41) is 0. The number of fused-ring (bicyclic) bond motifs is 3. The molecule has 0 saturated heterocycles. The first-order chi connectivity index (χ1) is 16.0. The molecule has 3 rings (SSSR count). The highest BCUT2D eigenvalue weighted by Gasteiger charge is 2.36. The number of carbonyl (C=O) groups is 1. The van der Waals surface area contributed by atoms with Gasteiger partial charge >= 0.3 is 5.97 Å². The summed E-state index contributed by atoms with van der Waals surface area (Å²) < 4.78 is 20.6. The van der Waals surface area contributed by atoms with Gasteiger partial charge in [0.25, 0.3) is 0 Å². The van der Waals surface area contributed by atoms with Gasteiger partial charge in [0.05, 0.1) is 11.4 Å². The third kappa shape index (κ3) is 5.95. The van der Waals surface area contributed by atoms with E-state index in [1.54, 1.807) is 12.2 Å². The van der Waals surface area contributed by atoms with Gasteiger partial charge < -0.3 is 18.8 Å². The van der Waals surface area contributed by atoms with Gasteiger partial charge in [0, 0.05) is 12.1 Å². The second-order valence-electron chi connectivity index (χ2n) is 11.7. The monoisotopic (exact) mass is 481 g/mol. The Hall–Kier alpha value is -3.09. The van der Waals surface area contributed by atoms with Gasteiger partial charge in [-0.05, 0) is 87.3 Å². The van der Waals surface area contributed by atoms with Crippen molar-refractivity contribution >= 4 is 18.1 Å². The summed E-state index contributed by atoms with van der Waals surface area (Å²) in [4.78, 5) is 23.3. The first kappa shape index (κ1) is 26.5. The minimum atomic E-state index is -0.699. The average molecular weight is 482 g/mol. The Kier molecular flexibility index (Phi) is 6.95. The van der Waals surface area contributed by atoms with E-state index in [1.165, 1.54) is 0 Å². The molecule has 0 unspecified atom stereocenters. The highest BCUT2D eigenvalue weighted by Crippen LogP contribution is 2.43. The fourth-order valence-corrected chi connectivity index (χ4v) is 3.96. The zero-order valence-electron chi connectivity index (χ0n) is 22.7. The molecule has 7 heteroatoms. The van der Waals surface area contributed by atoms with Gasteiger partial charge in [0.1, 0.15) is 28.2 Å². The number of aromatic nitrogens is 3. The maximum Gasteiger partial charge on any atom is 0.348 e. The molecule has 0 bridgehead atoms. The molecule has 0 aromatic carbocycles. The van der Waals surface area contributed by atoms with Crippen LogP contribution in [0.3, 0.4) is 0 Å². The quantitative estimate of drug-likeness (QED) is 0.455. The van der Waals surface area contributed by atoms with Crippen molar-refractivity contribution in [2.45, 2.75) is 98.5 Å². The number of hydrogen-bond acceptors (Lipinski definition) is 6. The summed E-state index contributed by atoms with van der Waals surface area (Å²) in [5.41, 5.74) is 1.38. The predicted molar refractivity (Wildman–Crippen MR) is 140 cm³/mol. The molecule has 0 saturated carbocycles. The maximum absolute atomic E-state index is 13.6. The van der Waals surface area contributed by atoms with Crippen molar-refractivity contribution in [1.29, 1.82) is 0 Å². The van der Waals surface area contributed by atoms with Gasteiger partial charge in [-0.1, -0.05) is 13.2 Å². The van der Waals surface area contributed by atoms with Crippen molar-refractivity contribution in [3.8, 4) is 23.1 Å². The molecule has 0 amide bonds. The number of carbonyl (C=O) groups excluding carboxylic acids is 1. The van der Waals surface area contributed by atoms with Crippen LogP contribution in [0.1, 0.15) is 96.0 Å². The Morgan fingerprint density at radius 2 is 1.54 bits per heavy atom. The molecular weight excluding hydrogens is 442 g/mol. The number of hydrogen-bond donors (Lipinski definition) is 0. The van der Waals surface area contributed by atoms with E-state index < -0.39 is 22.8 Å². The third-order valence-electron chi connectivity index (χ3n) is 5.07. The summed E-state index contributed by atoms with van der Waals surface area (Å²) >= 11 is 0. The van der Waals surface area contributed by atoms with Crippen LogP contribution < -0.4 is 9.47 Å². The van der Waals surface area contributed by atoms with Crippen molar-refractivity contribution in [1.82, 2.24) is 14.5 Å². The maximum atomic E-state index is 13.6. The third-order valence-corrected chi connectivity index (χ3v) is 5.07. The molecule has 0 N–H and O–H groups in total. The molecule has 3 heterocycles. The number of nitrogens with zero attached hydrogens (tertiary/aromatic N) is 3. The molecule has 0 atom stereocenters. The van der Waals surface area contributed by atoms with Crippen molar-refractivity contribution in [3.63, 3.8) is 0 Å². The lowest BCUT2D eigenvalue weighted by Gasteiger charge is -2.29. The standard InChI is InChI=1S/C28H39N3O4/c1-12-18-19(13-2)31-16-14-15-17-21(23(31)29-18)30-24(34-27(6,7)8)20(22(17)33-26(3,4)5)25(32)35-28(9,10)11/h12-13H,1-2,14-16H2,3-11H3. The Bertz CT molecular complexity index is 1160. The number of pyridine rings is 1. The minimum Gasteiger partial charge on any atom is -0.487 e. The van der Waals surface area contributed by atoms with Crippen LogP contribution in [0.25, 0.3) is 23.7 Å². The van der Waals surface area contributed by atoms with Crippen LogP contribution in [0, 0.1) is 0 Å². The second-order valence-corrected chi connectivity index (χ2v) is 11.7. The highest BCUT2D eigenvalue weighted by molar-refractivity contribution is 5.97. The molecule has 7 nitrogen and oxygen atoms in total. The summed E-state index contributed by atoms with van der Waals surface area (Å²) in [6, 6.07) is 0. The molecule has 0 fully saturated rings. The van der Waals surface area contributed by atoms with E-state index in [2.05, 4.69) is 17.7 Å². The Morgan fingerprint density at radius 3 is 2.06 bits per heavy atom. The number of imidazole rings is 1. The van der Waals surface area contributed by atoms with Gasteiger partial charge in [0.15, 0.2) is 11.4 Å². The molecule has 0 aliphatic carbocycles. The number of rotatable bonds is 5. The molecule has 0 radical (unpaired) electrons. The smallest absolute Gasteiger partial charge is 0.348 e. The summed E-state index contributed by atoms with van der Waals surface area (Å²) in [5.74, 6) is 0.752. The van der Waals surface area contributed by atoms with Gasteiger partial charge in [-0.25, -0.2) is 14.8 Å². The molecule has 190 valence electrons. The SMILES string of the molecule is C=Cc1nc2n(c1C=C)CCCc1c-2nc(OC(C)(C)C)c(C(=O)OC(C)(C)C)c1OC(C)(C)C. The van der Waals surface area contributed by atoms with Crippen molar-refractivity contribution in [2.75, 3.05) is 0 Å². The zero-order valence-corrected chi connectivity index (χ0v) is 22.7. The molecule has 2 aromatic rings. The van der Waals surface area contributed by atoms with Crippen molar-refractivity contribution in [3.05, 3.63) is 35.7 Å². The first-order valence-electron chi connectivity index (χ1n) is 12.1. The van der Waals surface area contributed by atoms with E-state index in [-0.39, 0.29) is 11.4 Å². The summed E-state index contributed by atoms with van der Waals surface area (Å²) in [7, 11) is 0. The van der Waals surface area contributed by atoms with E-state index in [0.29, 0.717) is 23.7 Å². The molecule has 1 aliphatic rings. The van der Waals surface area contributed by atoms with Crippen LogP contribution in [0.2, 0.25) is 0 Å². The summed E-state index contributed by atoms with van der Waals surface area (Å²) in [6.45, 7) is 25.7. The first-order valence-corrected chi connectivity index (χ1v) is 12.1. The van der Waals surface area contributed by atoms with Crippen molar-refractivity contribution < 1.29 is 19.0 Å². The van der Waals surface area contributed by atoms with E-state index >= 15 is 0 Å². The van der Waals surface area contributed by atoms with Crippen molar-refractivity contribution in [2.24, 2.45) is 0 Å². The van der Waals surface area contributed by atoms with Gasteiger partial charge in [0.2, 0.25) is 5.88 Å². The van der Waals surface area contributed by atoms with Crippen LogP contribution >= 0.6 is 0 Å². The van der Waals surface area contributed by atoms with Crippen LogP contribution in [-0.4, -0.2) is 37.3 Å². The molecule has 0 spiro atoms. The lowest BCUT2D eigenvalue weighted by molar-refractivity contribution is 0.00503. The van der Waals surface area contributed by atoms with E-state index in [0.717, 1.165) is 29.9 Å². The van der Waals surface area contributed by atoms with Gasteiger partial charge in [-0.15, -0.1) is 0 Å². The number of esters is 1. The summed E-state index contributed by atoms with van der Waals surface area (Å²) in [6.07, 6.45) is 4.96. The Labute approximate surface area is 209 Å². The topological polar surface area (TPSA) is 75.5 Å².